The largest absolute Gasteiger partial charge is 0.292 e. The topological polar surface area (TPSA) is 89.4 Å². The van der Waals surface area contributed by atoms with Gasteiger partial charge in [0, 0.05) is 11.8 Å². The maximum Gasteiger partial charge on any atom is 0.207 e. The first kappa shape index (κ1) is 11.3. The molecule has 0 atom stereocenters. The standard InChI is InChI=1S/C12H10N6O/c19-11(9-4-2-1-3-5-9)8-18-7-10(6-13-18)12-14-16-17-15-12/h1-7H,8H2,(H,14,15,16,17). The van der Waals surface area contributed by atoms with Crippen molar-refractivity contribution in [2.24, 2.45) is 0 Å². The first-order chi connectivity index (χ1) is 9.33. The molecule has 3 rings (SSSR count). The predicted molar refractivity (Wildman–Crippen MR) is 66.2 cm³/mol. The van der Waals surface area contributed by atoms with E-state index in [0.29, 0.717) is 11.4 Å². The molecule has 1 aromatic carbocycles. The van der Waals surface area contributed by atoms with Crippen LogP contribution < -0.4 is 0 Å². The smallest absolute Gasteiger partial charge is 0.207 e. The van der Waals surface area contributed by atoms with Gasteiger partial charge in [-0.1, -0.05) is 30.3 Å². The molecule has 7 nitrogen and oxygen atoms in total. The lowest BCUT2D eigenvalue weighted by Gasteiger charge is -2.00. The van der Waals surface area contributed by atoms with Crippen molar-refractivity contribution >= 4 is 5.78 Å². The predicted octanol–water partition coefficient (Wildman–Crippen LogP) is 0.946. The van der Waals surface area contributed by atoms with E-state index in [4.69, 9.17) is 0 Å². The Balaban J connectivity index is 1.76. The summed E-state index contributed by atoms with van der Waals surface area (Å²) in [5.74, 6) is 0.460. The van der Waals surface area contributed by atoms with Gasteiger partial charge in [0.15, 0.2) is 5.78 Å². The van der Waals surface area contributed by atoms with Crippen molar-refractivity contribution in [3.05, 3.63) is 48.3 Å². The van der Waals surface area contributed by atoms with Crippen LogP contribution in [0.25, 0.3) is 11.4 Å². The number of rotatable bonds is 4. The lowest BCUT2D eigenvalue weighted by atomic mass is 10.1. The van der Waals surface area contributed by atoms with Gasteiger partial charge in [-0.15, -0.1) is 10.2 Å². The van der Waals surface area contributed by atoms with E-state index in [0.717, 1.165) is 5.56 Å². The average molecular weight is 254 g/mol. The molecule has 94 valence electrons. The molecule has 2 heterocycles. The monoisotopic (exact) mass is 254 g/mol. The van der Waals surface area contributed by atoms with Crippen LogP contribution in [0.1, 0.15) is 10.4 Å². The minimum absolute atomic E-state index is 0.00311. The summed E-state index contributed by atoms with van der Waals surface area (Å²) in [4.78, 5) is 12.0. The molecule has 0 unspecified atom stereocenters. The van der Waals surface area contributed by atoms with Gasteiger partial charge < -0.3 is 0 Å². The van der Waals surface area contributed by atoms with Gasteiger partial charge in [0.2, 0.25) is 5.82 Å². The van der Waals surface area contributed by atoms with Crippen LogP contribution in [0.15, 0.2) is 42.7 Å². The number of Topliss-reactive ketones (excluding diaryl/α,β-unsaturated/α-hetero) is 1. The molecule has 19 heavy (non-hydrogen) atoms. The van der Waals surface area contributed by atoms with Crippen LogP contribution in [0, 0.1) is 0 Å². The fraction of sp³-hybridized carbons (Fsp3) is 0.0833. The van der Waals surface area contributed by atoms with Gasteiger partial charge >= 0.3 is 0 Å². The number of carbonyl (C=O) groups is 1. The van der Waals surface area contributed by atoms with Gasteiger partial charge in [-0.05, 0) is 5.21 Å². The summed E-state index contributed by atoms with van der Waals surface area (Å²) in [5.41, 5.74) is 1.38. The quantitative estimate of drug-likeness (QED) is 0.700. The molecule has 0 saturated heterocycles. The van der Waals surface area contributed by atoms with Crippen LogP contribution in [0.2, 0.25) is 0 Å². The van der Waals surface area contributed by atoms with Crippen molar-refractivity contribution in [1.29, 1.82) is 0 Å². The molecule has 0 spiro atoms. The van der Waals surface area contributed by atoms with Gasteiger partial charge in [-0.2, -0.15) is 10.3 Å². The summed E-state index contributed by atoms with van der Waals surface area (Å²) in [5, 5.41) is 17.7. The number of hydrogen-bond acceptors (Lipinski definition) is 5. The van der Waals surface area contributed by atoms with E-state index in [1.165, 1.54) is 0 Å². The lowest BCUT2D eigenvalue weighted by Crippen LogP contribution is -2.10. The van der Waals surface area contributed by atoms with Crippen LogP contribution in [-0.2, 0) is 6.54 Å². The van der Waals surface area contributed by atoms with E-state index in [2.05, 4.69) is 25.7 Å². The molecule has 0 aliphatic carbocycles. The Morgan fingerprint density at radius 2 is 2.11 bits per heavy atom. The number of nitrogens with one attached hydrogen (secondary N) is 1. The molecular weight excluding hydrogens is 244 g/mol. The fourth-order valence-corrected chi connectivity index (χ4v) is 1.71. The van der Waals surface area contributed by atoms with Crippen molar-refractivity contribution < 1.29 is 4.79 Å². The highest BCUT2D eigenvalue weighted by molar-refractivity contribution is 5.95. The number of H-pyrrole nitrogens is 1. The van der Waals surface area contributed by atoms with E-state index in [-0.39, 0.29) is 12.3 Å². The van der Waals surface area contributed by atoms with Gasteiger partial charge in [0.1, 0.15) is 6.54 Å². The van der Waals surface area contributed by atoms with Gasteiger partial charge in [-0.25, -0.2) is 0 Å². The third kappa shape index (κ3) is 2.39. The summed E-state index contributed by atoms with van der Waals surface area (Å²) < 4.78 is 1.56. The zero-order valence-electron chi connectivity index (χ0n) is 9.89. The SMILES string of the molecule is O=C(Cn1cc(-c2nn[nH]n2)cn1)c1ccccc1. The molecule has 1 N–H and O–H groups in total. The van der Waals surface area contributed by atoms with Crippen molar-refractivity contribution in [2.45, 2.75) is 6.54 Å². The van der Waals surface area contributed by atoms with E-state index in [1.54, 1.807) is 29.2 Å². The highest BCUT2D eigenvalue weighted by Crippen LogP contribution is 2.11. The fourth-order valence-electron chi connectivity index (χ4n) is 1.71. The van der Waals surface area contributed by atoms with Crippen molar-refractivity contribution in [3.8, 4) is 11.4 Å². The Kier molecular flexibility index (Phi) is 2.85. The number of aromatic amines is 1. The van der Waals surface area contributed by atoms with Gasteiger partial charge in [0.25, 0.3) is 0 Å². The average Bonchev–Trinajstić information content (AvgIpc) is 3.10. The highest BCUT2D eigenvalue weighted by Gasteiger charge is 2.09. The number of carbonyl (C=O) groups excluding carboxylic acids is 1. The Morgan fingerprint density at radius 3 is 2.84 bits per heavy atom. The molecule has 0 radical (unpaired) electrons. The molecule has 0 amide bonds. The van der Waals surface area contributed by atoms with Crippen LogP contribution in [0.5, 0.6) is 0 Å². The van der Waals surface area contributed by atoms with E-state index >= 15 is 0 Å². The molecule has 7 heteroatoms. The minimum Gasteiger partial charge on any atom is -0.292 e. The number of aromatic nitrogens is 6. The van der Waals surface area contributed by atoms with Crippen molar-refractivity contribution in [1.82, 2.24) is 30.4 Å². The number of benzene rings is 1. The zero-order chi connectivity index (χ0) is 13.1. The Hall–Kier alpha value is -2.83. The number of hydrogen-bond donors (Lipinski definition) is 1. The minimum atomic E-state index is 0.00311. The molecular formula is C12H10N6O. The van der Waals surface area contributed by atoms with Crippen molar-refractivity contribution in [2.75, 3.05) is 0 Å². The van der Waals surface area contributed by atoms with E-state index in [1.807, 2.05) is 18.2 Å². The first-order valence-electron chi connectivity index (χ1n) is 5.67. The Morgan fingerprint density at radius 1 is 1.26 bits per heavy atom. The van der Waals surface area contributed by atoms with Gasteiger partial charge in [-0.3, -0.25) is 9.48 Å². The summed E-state index contributed by atoms with van der Waals surface area (Å²) in [7, 11) is 0. The Bertz CT molecular complexity index is 673. The zero-order valence-corrected chi connectivity index (χ0v) is 9.89. The highest BCUT2D eigenvalue weighted by atomic mass is 16.1. The number of tetrazole rings is 1. The van der Waals surface area contributed by atoms with Crippen molar-refractivity contribution in [3.63, 3.8) is 0 Å². The maximum absolute atomic E-state index is 12.0. The lowest BCUT2D eigenvalue weighted by molar-refractivity contribution is 0.0968. The molecule has 2 aromatic heterocycles. The van der Waals surface area contributed by atoms with Crippen LogP contribution in [-0.4, -0.2) is 36.2 Å². The third-order valence-electron chi connectivity index (χ3n) is 2.64. The summed E-state index contributed by atoms with van der Waals surface area (Å²) in [6, 6.07) is 9.11. The normalized spacial score (nSPS) is 10.5. The van der Waals surface area contributed by atoms with Crippen LogP contribution in [0.3, 0.4) is 0 Å². The second-order valence-corrected chi connectivity index (χ2v) is 3.95. The van der Waals surface area contributed by atoms with Crippen LogP contribution >= 0.6 is 0 Å². The second-order valence-electron chi connectivity index (χ2n) is 3.95. The molecule has 0 bridgehead atoms. The summed E-state index contributed by atoms with van der Waals surface area (Å²) in [6.07, 6.45) is 3.31. The van der Waals surface area contributed by atoms with Crippen LogP contribution in [0.4, 0.5) is 0 Å². The third-order valence-corrected chi connectivity index (χ3v) is 2.64. The maximum atomic E-state index is 12.0. The van der Waals surface area contributed by atoms with E-state index < -0.39 is 0 Å². The Labute approximate surface area is 108 Å². The van der Waals surface area contributed by atoms with Gasteiger partial charge in [0.05, 0.1) is 11.8 Å². The summed E-state index contributed by atoms with van der Waals surface area (Å²) >= 11 is 0. The van der Waals surface area contributed by atoms with E-state index in [9.17, 15) is 4.79 Å². The summed E-state index contributed by atoms with van der Waals surface area (Å²) in [6.45, 7) is 0.182. The molecule has 0 saturated carbocycles. The molecule has 0 aliphatic heterocycles. The number of nitrogens with zero attached hydrogens (tertiary/aromatic N) is 5. The molecule has 0 aliphatic rings. The molecule has 3 aromatic rings. The first-order valence-corrected chi connectivity index (χ1v) is 5.67. The number of ketones is 1. The molecule has 0 fully saturated rings. The second kappa shape index (κ2) is 4.81.